The highest BCUT2D eigenvalue weighted by Crippen LogP contribution is 2.25. The Labute approximate surface area is 120 Å². The van der Waals surface area contributed by atoms with Crippen molar-refractivity contribution >= 4 is 37.5 Å². The van der Waals surface area contributed by atoms with Crippen LogP contribution in [-0.4, -0.2) is 27.9 Å². The van der Waals surface area contributed by atoms with Gasteiger partial charge < -0.3 is 10.6 Å². The highest BCUT2D eigenvalue weighted by atomic mass is 79.9. The zero-order valence-electron chi connectivity index (χ0n) is 10.4. The van der Waals surface area contributed by atoms with Gasteiger partial charge in [-0.3, -0.25) is 4.79 Å². The molecule has 0 aliphatic heterocycles. The van der Waals surface area contributed by atoms with Crippen LogP contribution in [0.3, 0.4) is 0 Å². The molecule has 1 amide bonds. The molecule has 0 aliphatic rings. The third-order valence-electron chi connectivity index (χ3n) is 2.37. The lowest BCUT2D eigenvalue weighted by Gasteiger charge is -2.08. The summed E-state index contributed by atoms with van der Waals surface area (Å²) in [6.45, 7) is 0.763. The van der Waals surface area contributed by atoms with Crippen LogP contribution in [0.2, 0.25) is 0 Å². The Morgan fingerprint density at radius 3 is 2.63 bits per heavy atom. The maximum Gasteiger partial charge on any atom is 0.238 e. The molecule has 6 nitrogen and oxygen atoms in total. The van der Waals surface area contributed by atoms with Crippen molar-refractivity contribution in [3.8, 4) is 0 Å². The van der Waals surface area contributed by atoms with Gasteiger partial charge in [-0.25, -0.2) is 13.6 Å². The molecule has 0 atom stereocenters. The van der Waals surface area contributed by atoms with E-state index in [4.69, 9.17) is 5.14 Å². The van der Waals surface area contributed by atoms with Gasteiger partial charge in [-0.2, -0.15) is 0 Å². The molecule has 0 unspecified atom stereocenters. The van der Waals surface area contributed by atoms with E-state index in [9.17, 15) is 13.2 Å². The number of nitrogens with one attached hydrogen (secondary N) is 2. The van der Waals surface area contributed by atoms with Gasteiger partial charge in [0.25, 0.3) is 0 Å². The lowest BCUT2D eigenvalue weighted by Crippen LogP contribution is -2.16. The molecule has 0 saturated heterocycles. The first-order chi connectivity index (χ1) is 8.84. The maximum atomic E-state index is 11.6. The van der Waals surface area contributed by atoms with Crippen molar-refractivity contribution in [2.45, 2.75) is 17.7 Å². The number of rotatable bonds is 6. The predicted molar refractivity (Wildman–Crippen MR) is 77.3 cm³/mol. The first-order valence-electron chi connectivity index (χ1n) is 5.61. The molecule has 4 N–H and O–H groups in total. The van der Waals surface area contributed by atoms with Crippen LogP contribution in [0, 0.1) is 0 Å². The van der Waals surface area contributed by atoms with Crippen LogP contribution in [0.4, 0.5) is 5.69 Å². The normalized spacial score (nSPS) is 11.3. The summed E-state index contributed by atoms with van der Waals surface area (Å²) < 4.78 is 22.8. The number of carbonyl (C=O) groups is 1. The fourth-order valence-corrected chi connectivity index (χ4v) is 2.58. The van der Waals surface area contributed by atoms with Crippen LogP contribution in [0.15, 0.2) is 27.6 Å². The van der Waals surface area contributed by atoms with Crippen LogP contribution in [0.5, 0.6) is 0 Å². The van der Waals surface area contributed by atoms with E-state index in [-0.39, 0.29) is 10.8 Å². The summed E-state index contributed by atoms with van der Waals surface area (Å²) in [7, 11) is -1.92. The van der Waals surface area contributed by atoms with Crippen LogP contribution >= 0.6 is 15.9 Å². The van der Waals surface area contributed by atoms with Crippen LogP contribution in [0.1, 0.15) is 12.8 Å². The fourth-order valence-electron chi connectivity index (χ4n) is 1.41. The minimum absolute atomic E-state index is 0.00689. The molecule has 106 valence electrons. The predicted octanol–water partition coefficient (Wildman–Crippen LogP) is 1.03. The van der Waals surface area contributed by atoms with Gasteiger partial charge in [-0.15, -0.1) is 0 Å². The summed E-state index contributed by atoms with van der Waals surface area (Å²) in [5.41, 5.74) is 0.516. The highest BCUT2D eigenvalue weighted by molar-refractivity contribution is 9.10. The van der Waals surface area contributed by atoms with Gasteiger partial charge in [0.15, 0.2) is 0 Å². The Kier molecular flexibility index (Phi) is 5.92. The zero-order valence-corrected chi connectivity index (χ0v) is 12.8. The molecule has 0 aromatic heterocycles. The lowest BCUT2D eigenvalue weighted by atomic mass is 10.2. The highest BCUT2D eigenvalue weighted by Gasteiger charge is 2.11. The van der Waals surface area contributed by atoms with Crippen molar-refractivity contribution in [2.24, 2.45) is 5.14 Å². The molecule has 0 saturated carbocycles. The number of sulfonamides is 1. The molecule has 0 heterocycles. The number of hydrogen-bond acceptors (Lipinski definition) is 4. The van der Waals surface area contributed by atoms with E-state index in [1.807, 2.05) is 7.05 Å². The Morgan fingerprint density at radius 1 is 1.42 bits per heavy atom. The van der Waals surface area contributed by atoms with Crippen molar-refractivity contribution in [1.29, 1.82) is 0 Å². The number of nitrogens with two attached hydrogens (primary N) is 1. The van der Waals surface area contributed by atoms with Crippen molar-refractivity contribution in [1.82, 2.24) is 5.32 Å². The van der Waals surface area contributed by atoms with Gasteiger partial charge in [0.1, 0.15) is 0 Å². The Hall–Kier alpha value is -0.960. The van der Waals surface area contributed by atoms with E-state index in [2.05, 4.69) is 26.6 Å². The van der Waals surface area contributed by atoms with Gasteiger partial charge in [-0.1, -0.05) is 0 Å². The third-order valence-corrected chi connectivity index (χ3v) is 3.94. The van der Waals surface area contributed by atoms with E-state index in [0.717, 1.165) is 13.0 Å². The zero-order chi connectivity index (χ0) is 14.5. The van der Waals surface area contributed by atoms with Crippen LogP contribution < -0.4 is 15.8 Å². The molecular weight excluding hydrogens is 334 g/mol. The minimum atomic E-state index is -3.74. The molecule has 1 rings (SSSR count). The second-order valence-corrected chi connectivity index (χ2v) is 6.36. The third kappa shape index (κ3) is 5.27. The van der Waals surface area contributed by atoms with Gasteiger partial charge in [0.05, 0.1) is 10.6 Å². The molecule has 1 aromatic carbocycles. The van der Waals surface area contributed by atoms with E-state index < -0.39 is 10.0 Å². The second kappa shape index (κ2) is 6.99. The first kappa shape index (κ1) is 16.1. The maximum absolute atomic E-state index is 11.6. The van der Waals surface area contributed by atoms with Crippen molar-refractivity contribution < 1.29 is 13.2 Å². The summed E-state index contributed by atoms with van der Waals surface area (Å²) in [5, 5.41) is 10.7. The molecule has 0 aliphatic carbocycles. The number of amides is 1. The second-order valence-electron chi connectivity index (χ2n) is 3.94. The van der Waals surface area contributed by atoms with Crippen molar-refractivity contribution in [2.75, 3.05) is 18.9 Å². The lowest BCUT2D eigenvalue weighted by molar-refractivity contribution is -0.116. The van der Waals surface area contributed by atoms with E-state index >= 15 is 0 Å². The molecular formula is C11H16BrN3O3S. The first-order valence-corrected chi connectivity index (χ1v) is 7.95. The SMILES string of the molecule is CNCCCC(=O)Nc1ccc(S(N)(=O)=O)cc1Br. The van der Waals surface area contributed by atoms with Crippen molar-refractivity contribution in [3.05, 3.63) is 22.7 Å². The molecule has 8 heteroatoms. The van der Waals surface area contributed by atoms with Crippen molar-refractivity contribution in [3.63, 3.8) is 0 Å². The van der Waals surface area contributed by atoms with Crippen LogP contribution in [-0.2, 0) is 14.8 Å². The largest absolute Gasteiger partial charge is 0.325 e. The van der Waals surface area contributed by atoms with E-state index in [1.165, 1.54) is 18.2 Å². The Bertz CT molecular complexity index is 560. The molecule has 0 spiro atoms. The van der Waals surface area contributed by atoms with E-state index in [1.54, 1.807) is 0 Å². The van der Waals surface area contributed by atoms with Gasteiger partial charge >= 0.3 is 0 Å². The number of primary sulfonamides is 1. The topological polar surface area (TPSA) is 101 Å². The number of halogens is 1. The Balaban J connectivity index is 2.73. The molecule has 1 aromatic rings. The number of benzene rings is 1. The average molecular weight is 350 g/mol. The number of carbonyl (C=O) groups excluding carboxylic acids is 1. The number of hydrogen-bond donors (Lipinski definition) is 3. The summed E-state index contributed by atoms with van der Waals surface area (Å²) >= 11 is 3.20. The molecule has 19 heavy (non-hydrogen) atoms. The monoisotopic (exact) mass is 349 g/mol. The number of anilines is 1. The van der Waals surface area contributed by atoms with Gasteiger partial charge in [0, 0.05) is 10.9 Å². The average Bonchev–Trinajstić information content (AvgIpc) is 2.31. The summed E-state index contributed by atoms with van der Waals surface area (Å²) in [5.74, 6) is -0.126. The quantitative estimate of drug-likeness (QED) is 0.667. The molecule has 0 radical (unpaired) electrons. The smallest absolute Gasteiger partial charge is 0.238 e. The standard InChI is InChI=1S/C11H16BrN3O3S/c1-14-6-2-3-11(16)15-10-5-4-8(7-9(10)12)19(13,17)18/h4-5,7,14H,2-3,6H2,1H3,(H,15,16)(H2,13,17,18). The summed E-state index contributed by atoms with van der Waals surface area (Å²) in [6.07, 6.45) is 1.12. The Morgan fingerprint density at radius 2 is 2.11 bits per heavy atom. The molecule has 0 fully saturated rings. The van der Waals surface area contributed by atoms with Gasteiger partial charge in [-0.05, 0) is 54.1 Å². The van der Waals surface area contributed by atoms with Gasteiger partial charge in [0.2, 0.25) is 15.9 Å². The van der Waals surface area contributed by atoms with Crippen LogP contribution in [0.25, 0.3) is 0 Å². The summed E-state index contributed by atoms with van der Waals surface area (Å²) in [4.78, 5) is 11.6. The van der Waals surface area contributed by atoms with E-state index in [0.29, 0.717) is 16.6 Å². The summed E-state index contributed by atoms with van der Waals surface area (Å²) in [6, 6.07) is 4.21. The minimum Gasteiger partial charge on any atom is -0.325 e. The molecule has 0 bridgehead atoms. The fraction of sp³-hybridized carbons (Fsp3) is 0.364.